The molecule has 2 N–H and O–H groups in total. The number of aromatic nitrogens is 1. The van der Waals surface area contributed by atoms with Crippen LogP contribution in [0.5, 0.6) is 0 Å². The normalized spacial score (nSPS) is 21.0. The smallest absolute Gasteiger partial charge is 0.238 e. The lowest BCUT2D eigenvalue weighted by molar-refractivity contribution is -0.128. The molecular formula is C15H23FN4O. The Labute approximate surface area is 124 Å². The highest BCUT2D eigenvalue weighted by molar-refractivity contribution is 5.82. The molecule has 0 aliphatic carbocycles. The van der Waals surface area contributed by atoms with Gasteiger partial charge in [-0.15, -0.1) is 0 Å². The number of carbonyl (C=O) groups excluding carboxylic acids is 1. The Morgan fingerprint density at radius 1 is 1.57 bits per heavy atom. The van der Waals surface area contributed by atoms with Crippen LogP contribution in [-0.4, -0.2) is 48.0 Å². The predicted octanol–water partition coefficient (Wildman–Crippen LogP) is 1.08. The van der Waals surface area contributed by atoms with Crippen LogP contribution in [0.15, 0.2) is 18.3 Å². The average molecular weight is 294 g/mol. The Bertz CT molecular complexity index is 465. The van der Waals surface area contributed by atoms with Crippen LogP contribution in [0.1, 0.15) is 32.0 Å². The van der Waals surface area contributed by atoms with Gasteiger partial charge in [0, 0.05) is 26.2 Å². The molecule has 6 heteroatoms. The maximum Gasteiger partial charge on any atom is 0.238 e. The number of nitrogens with one attached hydrogen (secondary N) is 2. The van der Waals surface area contributed by atoms with Gasteiger partial charge in [0.15, 0.2) is 0 Å². The van der Waals surface area contributed by atoms with Gasteiger partial charge in [0.1, 0.15) is 11.9 Å². The second-order valence-electron chi connectivity index (χ2n) is 5.18. The molecule has 0 bridgehead atoms. The summed E-state index contributed by atoms with van der Waals surface area (Å²) >= 11 is 0. The van der Waals surface area contributed by atoms with Crippen molar-refractivity contribution < 1.29 is 9.18 Å². The molecule has 2 rings (SSSR count). The summed E-state index contributed by atoms with van der Waals surface area (Å²) in [6.07, 6.45) is 2.07. The Balaban J connectivity index is 2.20. The van der Waals surface area contributed by atoms with Crippen molar-refractivity contribution in [1.29, 1.82) is 0 Å². The molecule has 0 saturated carbocycles. The van der Waals surface area contributed by atoms with E-state index in [1.807, 2.05) is 6.92 Å². The van der Waals surface area contributed by atoms with Gasteiger partial charge in [-0.2, -0.15) is 0 Å². The maximum absolute atomic E-state index is 13.1. The zero-order valence-electron chi connectivity index (χ0n) is 12.6. The molecule has 0 radical (unpaired) electrons. The summed E-state index contributed by atoms with van der Waals surface area (Å²) in [5, 5.41) is 6.14. The highest BCUT2D eigenvalue weighted by Gasteiger charge is 2.33. The van der Waals surface area contributed by atoms with Crippen molar-refractivity contribution in [2.45, 2.75) is 32.4 Å². The fraction of sp³-hybridized carbons (Fsp3) is 0.600. The number of nitrogens with zero attached hydrogens (tertiary/aromatic N) is 2. The molecule has 116 valence electrons. The van der Waals surface area contributed by atoms with E-state index in [0.29, 0.717) is 13.1 Å². The van der Waals surface area contributed by atoms with E-state index in [2.05, 4.69) is 27.4 Å². The average Bonchev–Trinajstić information content (AvgIpc) is 2.50. The summed E-state index contributed by atoms with van der Waals surface area (Å²) < 4.78 is 13.1. The van der Waals surface area contributed by atoms with Gasteiger partial charge in [0.2, 0.25) is 5.91 Å². The fourth-order valence-electron chi connectivity index (χ4n) is 2.83. The monoisotopic (exact) mass is 294 g/mol. The molecule has 2 unspecified atom stereocenters. The quantitative estimate of drug-likeness (QED) is 0.853. The topological polar surface area (TPSA) is 57.3 Å². The Hall–Kier alpha value is -1.53. The summed E-state index contributed by atoms with van der Waals surface area (Å²) in [4.78, 5) is 18.6. The van der Waals surface area contributed by atoms with Crippen molar-refractivity contribution >= 4 is 5.91 Å². The molecular weight excluding hydrogens is 271 g/mol. The first-order valence-corrected chi connectivity index (χ1v) is 7.53. The molecule has 1 fully saturated rings. The molecule has 1 aliphatic rings. The first-order chi connectivity index (χ1) is 10.2. The minimum Gasteiger partial charge on any atom is -0.355 e. The molecule has 21 heavy (non-hydrogen) atoms. The summed E-state index contributed by atoms with van der Waals surface area (Å²) in [6, 6.07) is 2.95. The van der Waals surface area contributed by atoms with Crippen LogP contribution in [0.4, 0.5) is 4.39 Å². The van der Waals surface area contributed by atoms with Crippen molar-refractivity contribution in [2.24, 2.45) is 0 Å². The van der Waals surface area contributed by atoms with Crippen molar-refractivity contribution in [3.8, 4) is 0 Å². The van der Waals surface area contributed by atoms with Crippen LogP contribution in [0, 0.1) is 5.82 Å². The van der Waals surface area contributed by atoms with Crippen LogP contribution in [0.25, 0.3) is 0 Å². The van der Waals surface area contributed by atoms with E-state index in [4.69, 9.17) is 0 Å². The van der Waals surface area contributed by atoms with E-state index >= 15 is 0 Å². The van der Waals surface area contributed by atoms with E-state index in [9.17, 15) is 9.18 Å². The molecule has 1 aromatic heterocycles. The molecule has 1 amide bonds. The van der Waals surface area contributed by atoms with Crippen LogP contribution in [0.3, 0.4) is 0 Å². The third kappa shape index (κ3) is 3.77. The van der Waals surface area contributed by atoms with E-state index in [1.54, 1.807) is 6.07 Å². The number of hydrogen-bond donors (Lipinski definition) is 2. The second-order valence-corrected chi connectivity index (χ2v) is 5.18. The molecule has 5 nitrogen and oxygen atoms in total. The molecule has 0 aromatic carbocycles. The first kappa shape index (κ1) is 15.9. The van der Waals surface area contributed by atoms with Gasteiger partial charge in [-0.1, -0.05) is 6.92 Å². The van der Waals surface area contributed by atoms with Gasteiger partial charge in [-0.3, -0.25) is 14.7 Å². The number of carbonyl (C=O) groups is 1. The lowest BCUT2D eigenvalue weighted by Crippen LogP contribution is -2.58. The van der Waals surface area contributed by atoms with Crippen molar-refractivity contribution in [3.05, 3.63) is 29.8 Å². The second kappa shape index (κ2) is 7.47. The van der Waals surface area contributed by atoms with Gasteiger partial charge < -0.3 is 10.6 Å². The highest BCUT2D eigenvalue weighted by atomic mass is 19.1. The number of hydrogen-bond acceptors (Lipinski definition) is 4. The van der Waals surface area contributed by atoms with Gasteiger partial charge in [0.05, 0.1) is 17.9 Å². The molecule has 1 saturated heterocycles. The Morgan fingerprint density at radius 3 is 3.00 bits per heavy atom. The van der Waals surface area contributed by atoms with Crippen LogP contribution >= 0.6 is 0 Å². The van der Waals surface area contributed by atoms with Crippen molar-refractivity contribution in [2.75, 3.05) is 26.2 Å². The lowest BCUT2D eigenvalue weighted by Gasteiger charge is -2.40. The Kier molecular flexibility index (Phi) is 5.64. The Morgan fingerprint density at radius 2 is 2.38 bits per heavy atom. The molecule has 1 aliphatic heterocycles. The molecule has 2 atom stereocenters. The predicted molar refractivity (Wildman–Crippen MR) is 79.3 cm³/mol. The summed E-state index contributed by atoms with van der Waals surface area (Å²) in [6.45, 7) is 6.84. The molecule has 0 spiro atoms. The third-order valence-electron chi connectivity index (χ3n) is 3.82. The number of rotatable bonds is 5. The van der Waals surface area contributed by atoms with Crippen molar-refractivity contribution in [3.63, 3.8) is 0 Å². The van der Waals surface area contributed by atoms with E-state index in [-0.39, 0.29) is 23.8 Å². The van der Waals surface area contributed by atoms with E-state index in [0.717, 1.165) is 25.2 Å². The van der Waals surface area contributed by atoms with Gasteiger partial charge in [-0.25, -0.2) is 4.39 Å². The summed E-state index contributed by atoms with van der Waals surface area (Å²) in [7, 11) is 0. The minimum absolute atomic E-state index is 0.0281. The molecule has 1 aromatic rings. The first-order valence-electron chi connectivity index (χ1n) is 7.53. The van der Waals surface area contributed by atoms with Crippen LogP contribution in [0.2, 0.25) is 0 Å². The number of halogens is 1. The molecule has 2 heterocycles. The summed E-state index contributed by atoms with van der Waals surface area (Å²) in [5.41, 5.74) is 0.815. The van der Waals surface area contributed by atoms with Gasteiger partial charge in [0.25, 0.3) is 0 Å². The number of amides is 1. The largest absolute Gasteiger partial charge is 0.355 e. The third-order valence-corrected chi connectivity index (χ3v) is 3.82. The van der Waals surface area contributed by atoms with E-state index < -0.39 is 0 Å². The lowest BCUT2D eigenvalue weighted by atomic mass is 10.0. The zero-order chi connectivity index (χ0) is 15.2. The van der Waals surface area contributed by atoms with Crippen molar-refractivity contribution in [1.82, 2.24) is 20.5 Å². The fourth-order valence-corrected chi connectivity index (χ4v) is 2.83. The number of likely N-dealkylation sites (N-methyl/N-ethyl adjacent to an activating group) is 1. The number of pyridine rings is 1. The zero-order valence-corrected chi connectivity index (χ0v) is 12.6. The minimum atomic E-state index is -0.339. The highest BCUT2D eigenvalue weighted by Crippen LogP contribution is 2.25. The van der Waals surface area contributed by atoms with Gasteiger partial charge >= 0.3 is 0 Å². The van der Waals surface area contributed by atoms with Crippen LogP contribution < -0.4 is 10.6 Å². The van der Waals surface area contributed by atoms with E-state index in [1.165, 1.54) is 12.3 Å². The summed E-state index contributed by atoms with van der Waals surface area (Å²) in [5.74, 6) is -0.306. The van der Waals surface area contributed by atoms with Gasteiger partial charge in [-0.05, 0) is 25.5 Å². The standard InChI is InChI=1S/C15H23FN4O/c1-3-13(12-6-5-11(16)9-19-12)20-8-7-17-10-14(20)15(21)18-4-2/h5-6,9,13-14,17H,3-4,7-8,10H2,1-2H3,(H,18,21). The maximum atomic E-state index is 13.1. The van der Waals surface area contributed by atoms with Crippen LogP contribution in [-0.2, 0) is 4.79 Å². The number of piperazine rings is 1. The SMILES string of the molecule is CCNC(=O)C1CNCCN1C(CC)c1ccc(F)cn1.